The number of hydrogen-bond donors (Lipinski definition) is 0. The van der Waals surface area contributed by atoms with Crippen molar-refractivity contribution >= 4 is 35.2 Å². The average Bonchev–Trinajstić information content (AvgIpc) is 3.23. The summed E-state index contributed by atoms with van der Waals surface area (Å²) < 4.78 is 0. The lowest BCUT2D eigenvalue weighted by molar-refractivity contribution is 1.06. The number of benzene rings is 5. The Morgan fingerprint density at radius 1 is 0.571 bits per heavy atom. The first kappa shape index (κ1) is 21.0. The molecular formula is C33H28NP. The highest BCUT2D eigenvalue weighted by Gasteiger charge is 2.24. The molecule has 5 aromatic rings. The molecule has 35 heavy (non-hydrogen) atoms. The smallest absolute Gasteiger partial charge is 0.0432 e. The van der Waals surface area contributed by atoms with E-state index in [-0.39, 0.29) is 7.92 Å². The maximum atomic E-state index is 5.13. The van der Waals surface area contributed by atoms with Gasteiger partial charge in [-0.05, 0) is 86.3 Å². The van der Waals surface area contributed by atoms with Crippen molar-refractivity contribution < 1.29 is 0 Å². The van der Waals surface area contributed by atoms with Gasteiger partial charge in [-0.15, -0.1) is 0 Å². The molecule has 170 valence electrons. The van der Waals surface area contributed by atoms with E-state index in [1.165, 1.54) is 79.1 Å². The van der Waals surface area contributed by atoms with Crippen LogP contribution in [-0.4, -0.2) is 18.4 Å². The van der Waals surface area contributed by atoms with Crippen molar-refractivity contribution in [2.45, 2.75) is 25.2 Å². The Bertz CT molecular complexity index is 1530. The predicted molar refractivity (Wildman–Crippen MR) is 152 cm³/mol. The van der Waals surface area contributed by atoms with Gasteiger partial charge in [-0.25, -0.2) is 0 Å². The first-order valence-corrected chi connectivity index (χ1v) is 14.6. The lowest BCUT2D eigenvalue weighted by Crippen LogP contribution is -2.00. The SMILES string of the molecule is c1ccc2c(c1)CCC2=NCCP1Cc2ccc3ccccc3c2-c2c(ccc3ccccc23)C1. The molecular weight excluding hydrogens is 441 g/mol. The molecule has 0 atom stereocenters. The van der Waals surface area contributed by atoms with Crippen molar-refractivity contribution in [3.8, 4) is 11.1 Å². The van der Waals surface area contributed by atoms with Crippen molar-refractivity contribution in [1.29, 1.82) is 0 Å². The van der Waals surface area contributed by atoms with E-state index in [0.717, 1.165) is 19.4 Å². The number of rotatable bonds is 3. The molecule has 0 bridgehead atoms. The molecule has 5 aromatic carbocycles. The molecule has 2 heteroatoms. The first-order chi connectivity index (χ1) is 17.3. The molecule has 1 nitrogen and oxygen atoms in total. The normalized spacial score (nSPS) is 16.3. The molecule has 0 saturated heterocycles. The summed E-state index contributed by atoms with van der Waals surface area (Å²) in [7, 11) is -0.177. The van der Waals surface area contributed by atoms with E-state index in [2.05, 4.69) is 97.1 Å². The Balaban J connectivity index is 1.29. The van der Waals surface area contributed by atoms with Crippen molar-refractivity contribution in [3.63, 3.8) is 0 Å². The highest BCUT2D eigenvalue weighted by atomic mass is 31.1. The third kappa shape index (κ3) is 3.70. The van der Waals surface area contributed by atoms with Crippen molar-refractivity contribution in [3.05, 3.63) is 119 Å². The molecule has 0 unspecified atom stereocenters. The molecule has 1 aliphatic carbocycles. The van der Waals surface area contributed by atoms with Gasteiger partial charge in [0, 0.05) is 12.3 Å². The van der Waals surface area contributed by atoms with Crippen LogP contribution in [0.2, 0.25) is 0 Å². The quantitative estimate of drug-likeness (QED) is 0.235. The standard InChI is InChI=1S/C33H28NP/c1-4-10-28-23(7-1)17-18-31(28)34-19-20-35-21-26-15-13-24-8-2-5-11-29(24)32(26)33-27(22-35)16-14-25-9-3-6-12-30(25)33/h1-16H,17-22H2. The summed E-state index contributed by atoms with van der Waals surface area (Å²) in [6.07, 6.45) is 5.80. The molecule has 2 aliphatic rings. The Morgan fingerprint density at radius 3 is 1.86 bits per heavy atom. The maximum Gasteiger partial charge on any atom is 0.0432 e. The molecule has 1 heterocycles. The van der Waals surface area contributed by atoms with Crippen LogP contribution >= 0.6 is 7.92 Å². The van der Waals surface area contributed by atoms with E-state index < -0.39 is 0 Å². The molecule has 1 aliphatic heterocycles. The second-order valence-corrected chi connectivity index (χ2v) is 12.3. The van der Waals surface area contributed by atoms with Crippen LogP contribution in [0.3, 0.4) is 0 Å². The monoisotopic (exact) mass is 469 g/mol. The van der Waals surface area contributed by atoms with Gasteiger partial charge in [-0.2, -0.15) is 0 Å². The van der Waals surface area contributed by atoms with E-state index in [4.69, 9.17) is 4.99 Å². The zero-order valence-corrected chi connectivity index (χ0v) is 20.8. The average molecular weight is 470 g/mol. The fraction of sp³-hybridized carbons (Fsp3) is 0.182. The Morgan fingerprint density at radius 2 is 1.17 bits per heavy atom. The Labute approximate surface area is 208 Å². The summed E-state index contributed by atoms with van der Waals surface area (Å²) in [6, 6.07) is 36.1. The van der Waals surface area contributed by atoms with Gasteiger partial charge >= 0.3 is 0 Å². The molecule has 0 saturated carbocycles. The van der Waals surface area contributed by atoms with Crippen LogP contribution in [0.15, 0.2) is 102 Å². The molecule has 0 radical (unpaired) electrons. The van der Waals surface area contributed by atoms with Gasteiger partial charge in [0.1, 0.15) is 0 Å². The minimum Gasteiger partial charge on any atom is -0.289 e. The largest absolute Gasteiger partial charge is 0.289 e. The summed E-state index contributed by atoms with van der Waals surface area (Å²) in [5.74, 6) is 0. The van der Waals surface area contributed by atoms with Crippen LogP contribution in [0.25, 0.3) is 32.7 Å². The summed E-state index contributed by atoms with van der Waals surface area (Å²) in [5.41, 5.74) is 10.1. The van der Waals surface area contributed by atoms with Gasteiger partial charge in [0.15, 0.2) is 0 Å². The van der Waals surface area contributed by atoms with E-state index in [1.54, 1.807) is 0 Å². The molecule has 0 N–H and O–H groups in total. The second kappa shape index (κ2) is 8.74. The van der Waals surface area contributed by atoms with Crippen LogP contribution in [0, 0.1) is 0 Å². The first-order valence-electron chi connectivity index (χ1n) is 12.7. The predicted octanol–water partition coefficient (Wildman–Crippen LogP) is 8.59. The summed E-state index contributed by atoms with van der Waals surface area (Å²) in [6.45, 7) is 0.946. The highest BCUT2D eigenvalue weighted by Crippen LogP contribution is 2.52. The lowest BCUT2D eigenvalue weighted by atomic mass is 9.88. The summed E-state index contributed by atoms with van der Waals surface area (Å²) in [4.78, 5) is 5.13. The van der Waals surface area contributed by atoms with Gasteiger partial charge < -0.3 is 0 Å². The topological polar surface area (TPSA) is 12.4 Å². The summed E-state index contributed by atoms with van der Waals surface area (Å²) in [5, 5.41) is 5.45. The Hall–Kier alpha value is -3.28. The molecule has 0 amide bonds. The van der Waals surface area contributed by atoms with Gasteiger partial charge in [-0.1, -0.05) is 105 Å². The second-order valence-electron chi connectivity index (χ2n) is 9.84. The zero-order valence-electron chi connectivity index (χ0n) is 19.9. The molecule has 0 spiro atoms. The van der Waals surface area contributed by atoms with E-state index in [0.29, 0.717) is 0 Å². The minimum absolute atomic E-state index is 0.177. The van der Waals surface area contributed by atoms with Crippen LogP contribution < -0.4 is 0 Å². The number of nitrogens with zero attached hydrogens (tertiary/aromatic N) is 1. The number of aryl methyl sites for hydroxylation is 1. The van der Waals surface area contributed by atoms with Gasteiger partial charge in [-0.3, -0.25) is 4.99 Å². The van der Waals surface area contributed by atoms with E-state index in [9.17, 15) is 0 Å². The van der Waals surface area contributed by atoms with E-state index >= 15 is 0 Å². The van der Waals surface area contributed by atoms with Crippen LogP contribution in [0.1, 0.15) is 28.7 Å². The van der Waals surface area contributed by atoms with Crippen molar-refractivity contribution in [2.24, 2.45) is 4.99 Å². The Kier molecular flexibility index (Phi) is 5.25. The van der Waals surface area contributed by atoms with Crippen molar-refractivity contribution in [1.82, 2.24) is 0 Å². The molecule has 0 fully saturated rings. The van der Waals surface area contributed by atoms with Crippen LogP contribution in [-0.2, 0) is 18.7 Å². The summed E-state index contributed by atoms with van der Waals surface area (Å²) >= 11 is 0. The van der Waals surface area contributed by atoms with Gasteiger partial charge in [0.05, 0.1) is 0 Å². The molecule has 0 aromatic heterocycles. The number of hydrogen-bond acceptors (Lipinski definition) is 1. The van der Waals surface area contributed by atoms with E-state index in [1.807, 2.05) is 0 Å². The maximum absolute atomic E-state index is 5.13. The molecule has 7 rings (SSSR count). The zero-order chi connectivity index (χ0) is 23.2. The lowest BCUT2D eigenvalue weighted by Gasteiger charge is -2.16. The number of fused-ring (bicyclic) bond motifs is 8. The number of aliphatic imine (C=N–C) groups is 1. The fourth-order valence-corrected chi connectivity index (χ4v) is 8.38. The minimum atomic E-state index is -0.177. The van der Waals surface area contributed by atoms with Crippen LogP contribution in [0.4, 0.5) is 0 Å². The van der Waals surface area contributed by atoms with Crippen molar-refractivity contribution in [2.75, 3.05) is 12.7 Å². The van der Waals surface area contributed by atoms with Gasteiger partial charge in [0.25, 0.3) is 0 Å². The van der Waals surface area contributed by atoms with Crippen LogP contribution in [0.5, 0.6) is 0 Å². The van der Waals surface area contributed by atoms with Gasteiger partial charge in [0.2, 0.25) is 0 Å². The highest BCUT2D eigenvalue weighted by molar-refractivity contribution is 7.56. The fourth-order valence-electron chi connectivity index (χ4n) is 6.08. The third-order valence-electron chi connectivity index (χ3n) is 7.75. The third-order valence-corrected chi connectivity index (χ3v) is 10.2.